The first-order chi connectivity index (χ1) is 14.6. The second kappa shape index (κ2) is 8.87. The fourth-order valence-corrected chi connectivity index (χ4v) is 4.53. The summed E-state index contributed by atoms with van der Waals surface area (Å²) in [6.45, 7) is 5.51. The van der Waals surface area contributed by atoms with E-state index in [0.717, 1.165) is 41.4 Å². The van der Waals surface area contributed by atoms with Crippen molar-refractivity contribution in [2.45, 2.75) is 39.2 Å². The van der Waals surface area contributed by atoms with Gasteiger partial charge in [-0.15, -0.1) is 11.3 Å². The van der Waals surface area contributed by atoms with Crippen LogP contribution in [0.3, 0.4) is 0 Å². The number of aryl methyl sites for hydroxylation is 2. The zero-order valence-corrected chi connectivity index (χ0v) is 18.2. The Morgan fingerprint density at radius 3 is 2.90 bits per heavy atom. The third-order valence-electron chi connectivity index (χ3n) is 5.47. The van der Waals surface area contributed by atoms with Gasteiger partial charge in [-0.25, -0.2) is 4.98 Å². The van der Waals surface area contributed by atoms with Crippen LogP contribution in [0.4, 0.5) is 0 Å². The molecular formula is C22H25N3O4S. The second-order valence-corrected chi connectivity index (χ2v) is 8.34. The highest BCUT2D eigenvalue weighted by atomic mass is 32.1. The largest absolute Gasteiger partial charge is 0.493 e. The van der Waals surface area contributed by atoms with E-state index in [2.05, 4.69) is 10.1 Å². The quantitative estimate of drug-likeness (QED) is 0.582. The first kappa shape index (κ1) is 20.4. The lowest BCUT2D eigenvalue weighted by Gasteiger charge is -2.32. The maximum Gasteiger partial charge on any atom is 0.254 e. The van der Waals surface area contributed by atoms with Gasteiger partial charge in [0.05, 0.1) is 23.4 Å². The number of aromatic nitrogens is 2. The average Bonchev–Trinajstić information content (AvgIpc) is 3.42. The number of amides is 1. The van der Waals surface area contributed by atoms with E-state index < -0.39 is 0 Å². The lowest BCUT2D eigenvalue weighted by molar-refractivity contribution is 0.0706. The molecule has 1 aromatic carbocycles. The molecule has 1 unspecified atom stereocenters. The van der Waals surface area contributed by atoms with E-state index in [0.29, 0.717) is 36.1 Å². The SMILES string of the molecule is COc1cc(C(=O)N2CCCC(c3nccs3)C2)ccc1OCc1c(C)noc1C. The minimum Gasteiger partial charge on any atom is -0.493 e. The number of thiazole rings is 1. The lowest BCUT2D eigenvalue weighted by atomic mass is 9.98. The Hall–Kier alpha value is -2.87. The highest BCUT2D eigenvalue weighted by Crippen LogP contribution is 2.32. The smallest absolute Gasteiger partial charge is 0.254 e. The van der Waals surface area contributed by atoms with Crippen molar-refractivity contribution in [1.29, 1.82) is 0 Å². The first-order valence-electron chi connectivity index (χ1n) is 9.98. The highest BCUT2D eigenvalue weighted by molar-refractivity contribution is 7.09. The van der Waals surface area contributed by atoms with Crippen LogP contribution in [0.2, 0.25) is 0 Å². The zero-order valence-electron chi connectivity index (χ0n) is 17.4. The molecule has 30 heavy (non-hydrogen) atoms. The monoisotopic (exact) mass is 427 g/mol. The summed E-state index contributed by atoms with van der Waals surface area (Å²) < 4.78 is 16.6. The first-order valence-corrected chi connectivity index (χ1v) is 10.9. The van der Waals surface area contributed by atoms with E-state index >= 15 is 0 Å². The molecule has 3 aromatic rings. The molecule has 8 heteroatoms. The summed E-state index contributed by atoms with van der Waals surface area (Å²) in [5, 5.41) is 7.04. The molecule has 1 saturated heterocycles. The Morgan fingerprint density at radius 2 is 2.20 bits per heavy atom. The van der Waals surface area contributed by atoms with E-state index in [1.807, 2.05) is 30.3 Å². The highest BCUT2D eigenvalue weighted by Gasteiger charge is 2.27. The molecule has 1 aliphatic rings. The van der Waals surface area contributed by atoms with Gasteiger partial charge in [-0.05, 0) is 44.9 Å². The molecule has 1 fully saturated rings. The molecule has 1 atom stereocenters. The Morgan fingerprint density at radius 1 is 1.33 bits per heavy atom. The van der Waals surface area contributed by atoms with Crippen LogP contribution in [-0.4, -0.2) is 41.1 Å². The van der Waals surface area contributed by atoms with Crippen LogP contribution in [0.15, 0.2) is 34.3 Å². The molecule has 1 aliphatic heterocycles. The van der Waals surface area contributed by atoms with Gasteiger partial charge in [-0.2, -0.15) is 0 Å². The minimum atomic E-state index is 0.00632. The van der Waals surface area contributed by atoms with Gasteiger partial charge in [0.25, 0.3) is 5.91 Å². The number of benzene rings is 1. The number of nitrogens with zero attached hydrogens (tertiary/aromatic N) is 3. The van der Waals surface area contributed by atoms with Crippen molar-refractivity contribution < 1.29 is 18.8 Å². The molecule has 1 amide bonds. The average molecular weight is 428 g/mol. The van der Waals surface area contributed by atoms with Gasteiger partial charge in [0, 0.05) is 36.1 Å². The van der Waals surface area contributed by atoms with Gasteiger partial charge in [0.15, 0.2) is 11.5 Å². The van der Waals surface area contributed by atoms with E-state index in [1.165, 1.54) is 0 Å². The third-order valence-corrected chi connectivity index (χ3v) is 6.41. The van der Waals surface area contributed by atoms with Gasteiger partial charge in [-0.3, -0.25) is 4.79 Å². The molecule has 4 rings (SSSR count). The van der Waals surface area contributed by atoms with E-state index in [9.17, 15) is 4.79 Å². The van der Waals surface area contributed by atoms with Crippen molar-refractivity contribution in [3.8, 4) is 11.5 Å². The van der Waals surface area contributed by atoms with Crippen LogP contribution in [0, 0.1) is 13.8 Å². The molecule has 0 saturated carbocycles. The molecule has 0 radical (unpaired) electrons. The molecule has 0 aliphatic carbocycles. The number of hydrogen-bond donors (Lipinski definition) is 0. The summed E-state index contributed by atoms with van der Waals surface area (Å²) in [5.41, 5.74) is 2.31. The summed E-state index contributed by atoms with van der Waals surface area (Å²) in [6.07, 6.45) is 3.87. The molecule has 0 N–H and O–H groups in total. The van der Waals surface area contributed by atoms with Crippen molar-refractivity contribution in [1.82, 2.24) is 15.0 Å². The number of carbonyl (C=O) groups excluding carboxylic acids is 1. The molecule has 0 spiro atoms. The number of likely N-dealkylation sites (tertiary alicyclic amines) is 1. The minimum absolute atomic E-state index is 0.00632. The number of ether oxygens (including phenoxy) is 2. The van der Waals surface area contributed by atoms with Crippen LogP contribution in [0.5, 0.6) is 11.5 Å². The van der Waals surface area contributed by atoms with Crippen molar-refractivity contribution in [3.63, 3.8) is 0 Å². The number of methoxy groups -OCH3 is 1. The van der Waals surface area contributed by atoms with Gasteiger partial charge < -0.3 is 18.9 Å². The predicted molar refractivity (Wildman–Crippen MR) is 113 cm³/mol. The van der Waals surface area contributed by atoms with Crippen LogP contribution in [0.1, 0.15) is 51.1 Å². The van der Waals surface area contributed by atoms with Crippen molar-refractivity contribution in [2.24, 2.45) is 0 Å². The maximum absolute atomic E-state index is 13.1. The normalized spacial score (nSPS) is 16.5. The lowest BCUT2D eigenvalue weighted by Crippen LogP contribution is -2.39. The Bertz CT molecular complexity index is 996. The van der Waals surface area contributed by atoms with E-state index in [-0.39, 0.29) is 5.91 Å². The summed E-state index contributed by atoms with van der Waals surface area (Å²) in [6, 6.07) is 5.32. The predicted octanol–water partition coefficient (Wildman–Crippen LogP) is 4.36. The summed E-state index contributed by atoms with van der Waals surface area (Å²) >= 11 is 1.66. The van der Waals surface area contributed by atoms with Crippen molar-refractivity contribution >= 4 is 17.2 Å². The van der Waals surface area contributed by atoms with Gasteiger partial charge in [0.1, 0.15) is 12.4 Å². The van der Waals surface area contributed by atoms with Crippen LogP contribution in [-0.2, 0) is 6.61 Å². The summed E-state index contributed by atoms with van der Waals surface area (Å²) in [5.74, 6) is 2.15. The fraction of sp³-hybridized carbons (Fsp3) is 0.409. The van der Waals surface area contributed by atoms with Crippen molar-refractivity contribution in [3.05, 3.63) is 57.4 Å². The van der Waals surface area contributed by atoms with Crippen molar-refractivity contribution in [2.75, 3.05) is 20.2 Å². The van der Waals surface area contributed by atoms with Gasteiger partial charge >= 0.3 is 0 Å². The molecule has 0 bridgehead atoms. The maximum atomic E-state index is 13.1. The second-order valence-electron chi connectivity index (χ2n) is 7.42. The molecular weight excluding hydrogens is 402 g/mol. The Labute approximate surface area is 179 Å². The summed E-state index contributed by atoms with van der Waals surface area (Å²) in [4.78, 5) is 19.5. The Kier molecular flexibility index (Phi) is 6.03. The van der Waals surface area contributed by atoms with E-state index in [1.54, 1.807) is 36.6 Å². The van der Waals surface area contributed by atoms with Crippen LogP contribution >= 0.6 is 11.3 Å². The van der Waals surface area contributed by atoms with Gasteiger partial charge in [-0.1, -0.05) is 5.16 Å². The molecule has 3 heterocycles. The van der Waals surface area contributed by atoms with Crippen LogP contribution in [0.25, 0.3) is 0 Å². The number of piperidine rings is 1. The third kappa shape index (κ3) is 4.18. The van der Waals surface area contributed by atoms with Crippen LogP contribution < -0.4 is 9.47 Å². The molecule has 2 aromatic heterocycles. The fourth-order valence-electron chi connectivity index (χ4n) is 3.76. The number of hydrogen-bond acceptors (Lipinski definition) is 7. The topological polar surface area (TPSA) is 77.7 Å². The molecule has 158 valence electrons. The summed E-state index contributed by atoms with van der Waals surface area (Å²) in [7, 11) is 1.58. The zero-order chi connectivity index (χ0) is 21.1. The van der Waals surface area contributed by atoms with Gasteiger partial charge in [0.2, 0.25) is 0 Å². The number of rotatable bonds is 6. The van der Waals surface area contributed by atoms with E-state index in [4.69, 9.17) is 14.0 Å². The standard InChI is InChI=1S/C22H25N3O4S/c1-14-18(15(2)29-24-14)13-28-19-7-6-16(11-20(19)27-3)22(26)25-9-4-5-17(12-25)21-23-8-10-30-21/h6-8,10-11,17H,4-5,9,12-13H2,1-3H3. The Balaban J connectivity index is 1.47. The number of carbonyl (C=O) groups is 1. The molecule has 7 nitrogen and oxygen atoms in total.